The molecule has 3 rings (SSSR count). The Morgan fingerprint density at radius 1 is 1.32 bits per heavy atom. The van der Waals surface area contributed by atoms with Gasteiger partial charge in [-0.05, 0) is 56.1 Å². The third-order valence-electron chi connectivity index (χ3n) is 3.97. The van der Waals surface area contributed by atoms with Crippen LogP contribution in [0, 0.1) is 11.7 Å². The van der Waals surface area contributed by atoms with Gasteiger partial charge in [0.2, 0.25) is 11.8 Å². The molecule has 1 saturated heterocycles. The van der Waals surface area contributed by atoms with Crippen molar-refractivity contribution < 1.29 is 13.6 Å². The van der Waals surface area contributed by atoms with Gasteiger partial charge in [-0.3, -0.25) is 4.79 Å². The monoisotopic (exact) mass is 389 g/mol. The largest absolute Gasteiger partial charge is 0.444 e. The predicted molar refractivity (Wildman–Crippen MR) is 98.7 cm³/mol. The molecule has 1 aromatic heterocycles. The molecule has 138 valence electrons. The fourth-order valence-electron chi connectivity index (χ4n) is 2.70. The Balaban J connectivity index is 0.00000156. The summed E-state index contributed by atoms with van der Waals surface area (Å²) in [6.45, 7) is 2.71. The number of nitrogens with zero attached hydrogens (tertiary/aromatic N) is 1. The topological polar surface area (TPSA) is 67.2 Å². The van der Waals surface area contributed by atoms with Crippen LogP contribution in [0.25, 0.3) is 11.5 Å². The van der Waals surface area contributed by atoms with Gasteiger partial charge in [-0.2, -0.15) is 0 Å². The van der Waals surface area contributed by atoms with Crippen LogP contribution in [0.5, 0.6) is 0 Å². The molecule has 1 fully saturated rings. The lowest BCUT2D eigenvalue weighted by atomic mass is 10.00. The van der Waals surface area contributed by atoms with E-state index in [0.29, 0.717) is 29.6 Å². The number of carbonyl (C=O) groups excluding carboxylic acids is 1. The van der Waals surface area contributed by atoms with E-state index in [2.05, 4.69) is 15.6 Å². The summed E-state index contributed by atoms with van der Waals surface area (Å²) >= 11 is 0. The first-order valence-corrected chi connectivity index (χ1v) is 7.88. The Morgan fingerprint density at radius 3 is 2.76 bits per heavy atom. The van der Waals surface area contributed by atoms with Gasteiger partial charge in [-0.1, -0.05) is 0 Å². The number of oxazole rings is 1. The zero-order valence-corrected chi connectivity index (χ0v) is 15.3. The Morgan fingerprint density at radius 2 is 2.08 bits per heavy atom. The molecule has 0 spiro atoms. The normalized spacial score (nSPS) is 16.4. The number of hydrogen-bond donors (Lipinski definition) is 2. The molecule has 8 heteroatoms. The number of rotatable bonds is 5. The van der Waals surface area contributed by atoms with E-state index >= 15 is 0 Å². The number of nitrogens with one attached hydrogen (secondary N) is 2. The van der Waals surface area contributed by atoms with Crippen LogP contribution in [0.4, 0.5) is 4.39 Å². The van der Waals surface area contributed by atoms with Crippen LogP contribution in [0.15, 0.2) is 34.9 Å². The van der Waals surface area contributed by atoms with Crippen LogP contribution in [-0.4, -0.2) is 30.5 Å². The molecule has 0 saturated carbocycles. The molecular formula is C17H22Cl2FN3O2. The lowest BCUT2D eigenvalue weighted by Crippen LogP contribution is -2.38. The first-order chi connectivity index (χ1) is 11.2. The maximum atomic E-state index is 12.9. The van der Waals surface area contributed by atoms with Gasteiger partial charge in [0.1, 0.15) is 12.1 Å². The van der Waals surface area contributed by atoms with Crippen molar-refractivity contribution in [2.24, 2.45) is 5.92 Å². The molecule has 1 atom stereocenters. The zero-order chi connectivity index (χ0) is 16.1. The molecule has 0 radical (unpaired) electrons. The van der Waals surface area contributed by atoms with Gasteiger partial charge in [0.15, 0.2) is 0 Å². The average molecular weight is 390 g/mol. The summed E-state index contributed by atoms with van der Waals surface area (Å²) in [4.78, 5) is 16.3. The van der Waals surface area contributed by atoms with Crippen molar-refractivity contribution >= 4 is 30.7 Å². The van der Waals surface area contributed by atoms with Crippen LogP contribution in [0.3, 0.4) is 0 Å². The number of amides is 1. The zero-order valence-electron chi connectivity index (χ0n) is 13.7. The Bertz CT molecular complexity index is 658. The molecule has 2 N–H and O–H groups in total. The summed E-state index contributed by atoms with van der Waals surface area (Å²) < 4.78 is 18.3. The van der Waals surface area contributed by atoms with E-state index in [1.165, 1.54) is 18.4 Å². The van der Waals surface area contributed by atoms with Crippen molar-refractivity contribution in [3.63, 3.8) is 0 Å². The summed E-state index contributed by atoms with van der Waals surface area (Å²) in [5.74, 6) is 0.524. The summed E-state index contributed by atoms with van der Waals surface area (Å²) in [6, 6.07) is 5.90. The van der Waals surface area contributed by atoms with Crippen molar-refractivity contribution in [1.29, 1.82) is 0 Å². The Kier molecular flexibility index (Phi) is 8.89. The van der Waals surface area contributed by atoms with Crippen LogP contribution in [-0.2, 0) is 11.2 Å². The van der Waals surface area contributed by atoms with Crippen molar-refractivity contribution in [1.82, 2.24) is 15.6 Å². The second-order valence-electron chi connectivity index (χ2n) is 5.84. The second-order valence-corrected chi connectivity index (χ2v) is 5.84. The fraction of sp³-hybridized carbons (Fsp3) is 0.412. The molecule has 1 aliphatic rings. The molecule has 0 bridgehead atoms. The van der Waals surface area contributed by atoms with Gasteiger partial charge in [0.05, 0.1) is 12.1 Å². The quantitative estimate of drug-likeness (QED) is 0.824. The summed E-state index contributed by atoms with van der Waals surface area (Å²) in [7, 11) is 0. The highest BCUT2D eigenvalue weighted by molar-refractivity contribution is 5.85. The highest BCUT2D eigenvalue weighted by Gasteiger charge is 2.15. The molecule has 2 heterocycles. The summed E-state index contributed by atoms with van der Waals surface area (Å²) in [5, 5.41) is 6.28. The van der Waals surface area contributed by atoms with Crippen molar-refractivity contribution in [2.45, 2.75) is 19.3 Å². The summed E-state index contributed by atoms with van der Waals surface area (Å²) in [6.07, 6.45) is 3.96. The van der Waals surface area contributed by atoms with Gasteiger partial charge >= 0.3 is 0 Å². The second kappa shape index (κ2) is 10.4. The number of halogens is 3. The van der Waals surface area contributed by atoms with E-state index in [1.807, 2.05) is 0 Å². The van der Waals surface area contributed by atoms with E-state index in [1.54, 1.807) is 12.1 Å². The lowest BCUT2D eigenvalue weighted by molar-refractivity contribution is -0.120. The SMILES string of the molecule is Cl.Cl.O=C(Cc1coc(-c2ccc(F)cc2)n1)NCC1CCCNC1. The maximum absolute atomic E-state index is 12.9. The maximum Gasteiger partial charge on any atom is 0.226 e. The van der Waals surface area contributed by atoms with E-state index < -0.39 is 0 Å². The first-order valence-electron chi connectivity index (χ1n) is 7.88. The lowest BCUT2D eigenvalue weighted by Gasteiger charge is -2.22. The third-order valence-corrected chi connectivity index (χ3v) is 3.97. The van der Waals surface area contributed by atoms with Crippen molar-refractivity contribution in [3.05, 3.63) is 42.0 Å². The van der Waals surface area contributed by atoms with Crippen molar-refractivity contribution in [3.8, 4) is 11.5 Å². The molecular weight excluding hydrogens is 368 g/mol. The van der Waals surface area contributed by atoms with Gasteiger partial charge in [0.25, 0.3) is 0 Å². The molecule has 2 aromatic rings. The minimum absolute atomic E-state index is 0. The number of carbonyl (C=O) groups is 1. The average Bonchev–Trinajstić information content (AvgIpc) is 3.03. The predicted octanol–water partition coefficient (Wildman–Crippen LogP) is 2.98. The highest BCUT2D eigenvalue weighted by Crippen LogP contribution is 2.19. The highest BCUT2D eigenvalue weighted by atomic mass is 35.5. The number of hydrogen-bond acceptors (Lipinski definition) is 4. The van der Waals surface area contributed by atoms with Gasteiger partial charge in [-0.15, -0.1) is 24.8 Å². The van der Waals surface area contributed by atoms with Gasteiger partial charge in [-0.25, -0.2) is 9.37 Å². The van der Waals surface area contributed by atoms with Gasteiger partial charge in [0, 0.05) is 12.1 Å². The molecule has 1 aromatic carbocycles. The molecule has 1 unspecified atom stereocenters. The number of piperidine rings is 1. The minimum atomic E-state index is -0.308. The number of aromatic nitrogens is 1. The number of benzene rings is 1. The van der Waals surface area contributed by atoms with Crippen LogP contribution in [0.2, 0.25) is 0 Å². The Labute approximate surface area is 158 Å². The molecule has 0 aliphatic carbocycles. The standard InChI is InChI=1S/C17H20FN3O2.2ClH/c18-14-5-3-13(4-6-14)17-21-15(11-23-17)8-16(22)20-10-12-2-1-7-19-9-12;;/h3-6,11-12,19H,1-2,7-10H2,(H,20,22);2*1H. The first kappa shape index (κ1) is 21.4. The van der Waals surface area contributed by atoms with Crippen molar-refractivity contribution in [2.75, 3.05) is 19.6 Å². The smallest absolute Gasteiger partial charge is 0.226 e. The minimum Gasteiger partial charge on any atom is -0.444 e. The molecule has 25 heavy (non-hydrogen) atoms. The van der Waals surface area contributed by atoms with Crippen LogP contribution >= 0.6 is 24.8 Å². The van der Waals surface area contributed by atoms with Crippen LogP contribution < -0.4 is 10.6 Å². The third kappa shape index (κ3) is 6.30. The van der Waals surface area contributed by atoms with E-state index in [4.69, 9.17) is 4.42 Å². The van der Waals surface area contributed by atoms with E-state index in [0.717, 1.165) is 25.9 Å². The Hall–Kier alpha value is -1.63. The van der Waals surface area contributed by atoms with E-state index in [9.17, 15) is 9.18 Å². The summed E-state index contributed by atoms with van der Waals surface area (Å²) in [5.41, 5.74) is 1.26. The van der Waals surface area contributed by atoms with Crippen LogP contribution in [0.1, 0.15) is 18.5 Å². The van der Waals surface area contributed by atoms with Gasteiger partial charge < -0.3 is 15.1 Å². The fourth-order valence-corrected chi connectivity index (χ4v) is 2.70. The molecule has 1 aliphatic heterocycles. The van der Waals surface area contributed by atoms with E-state index in [-0.39, 0.29) is 43.0 Å². The molecule has 5 nitrogen and oxygen atoms in total. The molecule has 1 amide bonds.